The second-order valence-electron chi connectivity index (χ2n) is 4.98. The van der Waals surface area contributed by atoms with E-state index in [0.717, 1.165) is 5.56 Å². The van der Waals surface area contributed by atoms with E-state index >= 15 is 0 Å². The molecular formula is C17H18N2O2S. The van der Waals surface area contributed by atoms with Crippen LogP contribution in [-0.4, -0.2) is 19.3 Å². The quantitative estimate of drug-likeness (QED) is 0.823. The molecule has 0 aliphatic heterocycles. The van der Waals surface area contributed by atoms with Crippen molar-refractivity contribution in [2.75, 3.05) is 6.54 Å². The Hall–Kier alpha value is -2.16. The van der Waals surface area contributed by atoms with Gasteiger partial charge in [0.1, 0.15) is 0 Å². The molecule has 5 heteroatoms. The summed E-state index contributed by atoms with van der Waals surface area (Å²) in [6.45, 7) is 2.60. The standard InChI is InChI=1S/C17H18N2O2S/c1-2-19(13-15-7-4-3-5-8-15)22(20,21)14-17-10-6-9-16(11-17)12-18/h3-11H,2,13-14H2,1H3. The number of hydrogen-bond donors (Lipinski definition) is 0. The fraction of sp³-hybridized carbons (Fsp3) is 0.235. The lowest BCUT2D eigenvalue weighted by Crippen LogP contribution is -2.31. The Labute approximate surface area is 131 Å². The van der Waals surface area contributed by atoms with E-state index in [0.29, 0.717) is 24.2 Å². The lowest BCUT2D eigenvalue weighted by atomic mass is 10.2. The van der Waals surface area contributed by atoms with Crippen LogP contribution in [0, 0.1) is 11.3 Å². The summed E-state index contributed by atoms with van der Waals surface area (Å²) in [5, 5.41) is 8.90. The normalized spacial score (nSPS) is 11.3. The lowest BCUT2D eigenvalue weighted by molar-refractivity contribution is 0.423. The molecule has 0 heterocycles. The Morgan fingerprint density at radius 3 is 2.36 bits per heavy atom. The summed E-state index contributed by atoms with van der Waals surface area (Å²) >= 11 is 0. The van der Waals surface area contributed by atoms with Crippen molar-refractivity contribution in [2.24, 2.45) is 0 Å². The lowest BCUT2D eigenvalue weighted by Gasteiger charge is -2.20. The molecule has 0 spiro atoms. The molecule has 0 fully saturated rings. The van der Waals surface area contributed by atoms with Crippen molar-refractivity contribution in [3.63, 3.8) is 0 Å². The molecule has 22 heavy (non-hydrogen) atoms. The fourth-order valence-electron chi connectivity index (χ4n) is 2.23. The van der Waals surface area contributed by atoms with Crippen molar-refractivity contribution >= 4 is 10.0 Å². The van der Waals surface area contributed by atoms with Gasteiger partial charge in [0.2, 0.25) is 10.0 Å². The van der Waals surface area contributed by atoms with Gasteiger partial charge in [-0.05, 0) is 23.3 Å². The topological polar surface area (TPSA) is 61.2 Å². The van der Waals surface area contributed by atoms with Crippen LogP contribution in [0.5, 0.6) is 0 Å². The smallest absolute Gasteiger partial charge is 0.212 e. The van der Waals surface area contributed by atoms with Gasteiger partial charge in [0.15, 0.2) is 0 Å². The van der Waals surface area contributed by atoms with Gasteiger partial charge in [-0.1, -0.05) is 49.4 Å². The monoisotopic (exact) mass is 314 g/mol. The van der Waals surface area contributed by atoms with Gasteiger partial charge in [0, 0.05) is 13.1 Å². The Morgan fingerprint density at radius 1 is 1.05 bits per heavy atom. The first-order valence-electron chi connectivity index (χ1n) is 7.06. The van der Waals surface area contributed by atoms with Crippen molar-refractivity contribution in [2.45, 2.75) is 19.2 Å². The van der Waals surface area contributed by atoms with Crippen LogP contribution in [-0.2, 0) is 22.3 Å². The maximum absolute atomic E-state index is 12.6. The molecule has 2 aromatic carbocycles. The highest BCUT2D eigenvalue weighted by atomic mass is 32.2. The van der Waals surface area contributed by atoms with Gasteiger partial charge >= 0.3 is 0 Å². The van der Waals surface area contributed by atoms with Crippen molar-refractivity contribution in [3.8, 4) is 6.07 Å². The second-order valence-corrected chi connectivity index (χ2v) is 6.95. The van der Waals surface area contributed by atoms with Crippen molar-refractivity contribution in [1.82, 2.24) is 4.31 Å². The van der Waals surface area contributed by atoms with E-state index in [1.54, 1.807) is 24.3 Å². The largest absolute Gasteiger partial charge is 0.218 e. The zero-order valence-corrected chi connectivity index (χ0v) is 13.3. The minimum Gasteiger partial charge on any atom is -0.212 e. The van der Waals surface area contributed by atoms with E-state index < -0.39 is 10.0 Å². The number of rotatable bonds is 6. The highest BCUT2D eigenvalue weighted by Gasteiger charge is 2.21. The van der Waals surface area contributed by atoms with Crippen molar-refractivity contribution in [3.05, 3.63) is 71.3 Å². The van der Waals surface area contributed by atoms with Gasteiger partial charge < -0.3 is 0 Å². The minimum absolute atomic E-state index is 0.0941. The van der Waals surface area contributed by atoms with E-state index in [4.69, 9.17) is 5.26 Å². The first-order chi connectivity index (χ1) is 10.5. The molecule has 0 saturated carbocycles. The van der Waals surface area contributed by atoms with Crippen LogP contribution in [0.2, 0.25) is 0 Å². The third-order valence-corrected chi connectivity index (χ3v) is 5.23. The van der Waals surface area contributed by atoms with Crippen molar-refractivity contribution < 1.29 is 8.42 Å². The van der Waals surface area contributed by atoms with E-state index in [1.807, 2.05) is 43.3 Å². The van der Waals surface area contributed by atoms with E-state index in [9.17, 15) is 8.42 Å². The average molecular weight is 314 g/mol. The number of sulfonamides is 1. The molecule has 0 radical (unpaired) electrons. The first-order valence-corrected chi connectivity index (χ1v) is 8.67. The van der Waals surface area contributed by atoms with Gasteiger partial charge in [-0.2, -0.15) is 9.57 Å². The van der Waals surface area contributed by atoms with E-state index in [1.165, 1.54) is 4.31 Å². The molecule has 2 rings (SSSR count). The molecule has 0 aliphatic rings. The third-order valence-electron chi connectivity index (χ3n) is 3.35. The molecule has 0 unspecified atom stereocenters. The summed E-state index contributed by atoms with van der Waals surface area (Å²) < 4.78 is 26.6. The van der Waals surface area contributed by atoms with Gasteiger partial charge in [-0.3, -0.25) is 0 Å². The van der Waals surface area contributed by atoms with Crippen LogP contribution in [0.1, 0.15) is 23.6 Å². The highest BCUT2D eigenvalue weighted by molar-refractivity contribution is 7.88. The molecule has 0 atom stereocenters. The Kier molecular flexibility index (Phi) is 5.31. The fourth-order valence-corrected chi connectivity index (χ4v) is 3.75. The van der Waals surface area contributed by atoms with Gasteiger partial charge in [-0.25, -0.2) is 8.42 Å². The van der Waals surface area contributed by atoms with Crippen molar-refractivity contribution in [1.29, 1.82) is 5.26 Å². The molecule has 0 aliphatic carbocycles. The minimum atomic E-state index is -3.42. The Bertz CT molecular complexity index is 765. The van der Waals surface area contributed by atoms with Crippen LogP contribution >= 0.6 is 0 Å². The summed E-state index contributed by atoms with van der Waals surface area (Å²) in [6.07, 6.45) is 0. The number of nitriles is 1. The van der Waals surface area contributed by atoms with Crippen LogP contribution in [0.25, 0.3) is 0 Å². The molecule has 0 amide bonds. The van der Waals surface area contributed by atoms with Crippen LogP contribution < -0.4 is 0 Å². The zero-order valence-electron chi connectivity index (χ0n) is 12.4. The summed E-state index contributed by atoms with van der Waals surface area (Å²) in [5.41, 5.74) is 2.06. The molecular weight excluding hydrogens is 296 g/mol. The molecule has 0 N–H and O–H groups in total. The average Bonchev–Trinajstić information content (AvgIpc) is 2.53. The maximum atomic E-state index is 12.6. The SMILES string of the molecule is CCN(Cc1ccccc1)S(=O)(=O)Cc1cccc(C#N)c1. The Balaban J connectivity index is 2.18. The molecule has 0 bridgehead atoms. The summed E-state index contributed by atoms with van der Waals surface area (Å²) in [7, 11) is -3.42. The summed E-state index contributed by atoms with van der Waals surface area (Å²) in [6, 6.07) is 18.3. The number of hydrogen-bond acceptors (Lipinski definition) is 3. The predicted octanol–water partition coefficient (Wildman–Crippen LogP) is 2.91. The highest BCUT2D eigenvalue weighted by Crippen LogP contribution is 2.15. The van der Waals surface area contributed by atoms with Gasteiger partial charge in [0.25, 0.3) is 0 Å². The van der Waals surface area contributed by atoms with Gasteiger partial charge in [-0.15, -0.1) is 0 Å². The molecule has 4 nitrogen and oxygen atoms in total. The Morgan fingerprint density at radius 2 is 1.73 bits per heavy atom. The van der Waals surface area contributed by atoms with E-state index in [-0.39, 0.29) is 5.75 Å². The van der Waals surface area contributed by atoms with Crippen LogP contribution in [0.15, 0.2) is 54.6 Å². The molecule has 0 saturated heterocycles. The second kappa shape index (κ2) is 7.21. The molecule has 0 aromatic heterocycles. The third kappa shape index (κ3) is 4.17. The maximum Gasteiger partial charge on any atom is 0.218 e. The summed E-state index contributed by atoms with van der Waals surface area (Å²) in [4.78, 5) is 0. The van der Waals surface area contributed by atoms with Crippen LogP contribution in [0.4, 0.5) is 0 Å². The number of nitrogens with zero attached hydrogens (tertiary/aromatic N) is 2. The van der Waals surface area contributed by atoms with Gasteiger partial charge in [0.05, 0.1) is 17.4 Å². The summed E-state index contributed by atoms with van der Waals surface area (Å²) in [5.74, 6) is -0.0941. The predicted molar refractivity (Wildman–Crippen MR) is 86.3 cm³/mol. The molecule has 2 aromatic rings. The van der Waals surface area contributed by atoms with E-state index in [2.05, 4.69) is 0 Å². The van der Waals surface area contributed by atoms with Crippen LogP contribution in [0.3, 0.4) is 0 Å². The zero-order chi connectivity index (χ0) is 16.0. The number of benzene rings is 2. The first kappa shape index (κ1) is 16.2. The molecule has 114 valence electrons.